The van der Waals surface area contributed by atoms with Gasteiger partial charge in [-0.3, -0.25) is 4.98 Å². The van der Waals surface area contributed by atoms with Crippen LogP contribution in [0.2, 0.25) is 10.0 Å². The Bertz CT molecular complexity index is 752. The number of hydrogen-bond donors (Lipinski definition) is 2. The van der Waals surface area contributed by atoms with E-state index in [1.807, 2.05) is 0 Å². The van der Waals surface area contributed by atoms with Crippen LogP contribution in [0.25, 0.3) is 0 Å². The van der Waals surface area contributed by atoms with E-state index in [1.54, 1.807) is 31.5 Å². The van der Waals surface area contributed by atoms with E-state index < -0.39 is 21.8 Å². The summed E-state index contributed by atoms with van der Waals surface area (Å²) in [6, 6.07) is 5.32. The van der Waals surface area contributed by atoms with Crippen LogP contribution in [0.15, 0.2) is 41.6 Å². The fraction of sp³-hybridized carbons (Fsp3) is 0.154. The molecule has 2 rings (SSSR count). The van der Waals surface area contributed by atoms with E-state index >= 15 is 0 Å². The first-order valence-corrected chi connectivity index (χ1v) is 8.15. The molecule has 1 aromatic heterocycles. The van der Waals surface area contributed by atoms with Gasteiger partial charge < -0.3 is 5.11 Å². The van der Waals surface area contributed by atoms with Crippen molar-refractivity contribution < 1.29 is 13.5 Å². The summed E-state index contributed by atoms with van der Waals surface area (Å²) in [5.41, 5.74) is 0.689. The van der Waals surface area contributed by atoms with E-state index in [0.717, 1.165) is 6.07 Å². The molecule has 2 N–H and O–H groups in total. The third-order valence-corrected chi connectivity index (χ3v) is 4.86. The van der Waals surface area contributed by atoms with Gasteiger partial charge in [-0.05, 0) is 30.7 Å². The molecule has 0 unspecified atom stereocenters. The molecule has 0 bridgehead atoms. The van der Waals surface area contributed by atoms with Crippen LogP contribution in [0.1, 0.15) is 18.5 Å². The number of nitrogens with zero attached hydrogens (tertiary/aromatic N) is 1. The normalized spacial score (nSPS) is 13.1. The smallest absolute Gasteiger partial charge is 0.244 e. The Hall–Kier alpha value is -1.34. The van der Waals surface area contributed by atoms with Gasteiger partial charge in [0, 0.05) is 23.5 Å². The monoisotopic (exact) mass is 346 g/mol. The van der Waals surface area contributed by atoms with Gasteiger partial charge in [0.25, 0.3) is 0 Å². The van der Waals surface area contributed by atoms with Crippen LogP contribution in [-0.4, -0.2) is 18.5 Å². The highest BCUT2D eigenvalue weighted by Crippen LogP contribution is 2.34. The maximum Gasteiger partial charge on any atom is 0.244 e. The number of hydrogen-bond acceptors (Lipinski definition) is 4. The van der Waals surface area contributed by atoms with Crippen molar-refractivity contribution in [3.63, 3.8) is 0 Å². The fourth-order valence-corrected chi connectivity index (χ4v) is 3.73. The maximum absolute atomic E-state index is 12.3. The number of rotatable bonds is 4. The fourth-order valence-electron chi connectivity index (χ4n) is 1.74. The lowest BCUT2D eigenvalue weighted by Crippen LogP contribution is -2.27. The highest BCUT2D eigenvalue weighted by Gasteiger charge is 2.24. The Kier molecular flexibility index (Phi) is 4.73. The minimum absolute atomic E-state index is 0.118. The first-order valence-electron chi connectivity index (χ1n) is 5.91. The van der Waals surface area contributed by atoms with Crippen molar-refractivity contribution in [1.29, 1.82) is 0 Å². The molecular formula is C13H12Cl2N2O3S. The molecule has 8 heteroatoms. The molecule has 5 nitrogen and oxygen atoms in total. The predicted molar refractivity (Wildman–Crippen MR) is 81.1 cm³/mol. The molecule has 0 fully saturated rings. The lowest BCUT2D eigenvalue weighted by molar-refractivity contribution is 0.457. The number of nitrogens with one attached hydrogen (secondary N) is 1. The van der Waals surface area contributed by atoms with E-state index in [1.165, 1.54) is 6.07 Å². The Morgan fingerprint density at radius 2 is 2.05 bits per heavy atom. The summed E-state index contributed by atoms with van der Waals surface area (Å²) in [5, 5.41) is 9.81. The van der Waals surface area contributed by atoms with Crippen molar-refractivity contribution in [3.8, 4) is 5.75 Å². The summed E-state index contributed by atoms with van der Waals surface area (Å²) in [7, 11) is -3.98. The topological polar surface area (TPSA) is 79.3 Å². The van der Waals surface area contributed by atoms with Gasteiger partial charge in [0.05, 0.1) is 5.02 Å². The minimum Gasteiger partial charge on any atom is -0.505 e. The summed E-state index contributed by atoms with van der Waals surface area (Å²) < 4.78 is 27.1. The number of halogens is 2. The van der Waals surface area contributed by atoms with E-state index in [0.29, 0.717) is 5.56 Å². The minimum atomic E-state index is -3.98. The average Bonchev–Trinajstić information content (AvgIpc) is 2.43. The Morgan fingerprint density at radius 3 is 2.67 bits per heavy atom. The Labute approximate surface area is 132 Å². The third kappa shape index (κ3) is 3.65. The summed E-state index contributed by atoms with van der Waals surface area (Å²) in [6.45, 7) is 1.66. The van der Waals surface area contributed by atoms with Crippen molar-refractivity contribution in [3.05, 3.63) is 52.3 Å². The number of aromatic nitrogens is 1. The van der Waals surface area contributed by atoms with Gasteiger partial charge in [-0.15, -0.1) is 0 Å². The number of phenols is 1. The lowest BCUT2D eigenvalue weighted by atomic mass is 10.2. The molecule has 21 heavy (non-hydrogen) atoms. The van der Waals surface area contributed by atoms with Crippen LogP contribution < -0.4 is 4.72 Å². The van der Waals surface area contributed by atoms with Gasteiger partial charge in [0.1, 0.15) is 4.90 Å². The summed E-state index contributed by atoms with van der Waals surface area (Å²) >= 11 is 11.5. The molecule has 0 saturated heterocycles. The molecule has 0 spiro atoms. The molecule has 0 radical (unpaired) electrons. The Morgan fingerprint density at radius 1 is 1.33 bits per heavy atom. The molecule has 0 saturated carbocycles. The van der Waals surface area contributed by atoms with Crippen LogP contribution in [0.4, 0.5) is 0 Å². The second-order valence-corrected chi connectivity index (χ2v) is 6.89. The summed E-state index contributed by atoms with van der Waals surface area (Å²) in [4.78, 5) is 3.56. The maximum atomic E-state index is 12.3. The predicted octanol–water partition coefficient (Wildman–Crippen LogP) is 3.13. The van der Waals surface area contributed by atoms with Gasteiger partial charge in [-0.2, -0.15) is 0 Å². The van der Waals surface area contributed by atoms with Gasteiger partial charge in [0.2, 0.25) is 10.0 Å². The van der Waals surface area contributed by atoms with Crippen molar-refractivity contribution in [2.45, 2.75) is 17.9 Å². The van der Waals surface area contributed by atoms with Gasteiger partial charge in [-0.1, -0.05) is 29.3 Å². The summed E-state index contributed by atoms with van der Waals surface area (Å²) in [5.74, 6) is -0.535. The number of benzene rings is 1. The third-order valence-electron chi connectivity index (χ3n) is 2.80. The molecular weight excluding hydrogens is 335 g/mol. The van der Waals surface area contributed by atoms with Crippen molar-refractivity contribution in [2.24, 2.45) is 0 Å². The molecule has 1 heterocycles. The Balaban J connectivity index is 2.35. The highest BCUT2D eigenvalue weighted by atomic mass is 35.5. The standard InChI is InChI=1S/C13H12Cl2N2O3S/c1-8(9-3-2-4-16-7-9)17-21(19,20)12-6-10(14)5-11(15)13(12)18/h2-8,17-18H,1H3/t8-/m0/s1. The quantitative estimate of drug-likeness (QED) is 0.891. The first kappa shape index (κ1) is 16.0. The average molecular weight is 347 g/mol. The van der Waals surface area contributed by atoms with Gasteiger partial charge >= 0.3 is 0 Å². The highest BCUT2D eigenvalue weighted by molar-refractivity contribution is 7.89. The van der Waals surface area contributed by atoms with E-state index in [4.69, 9.17) is 23.2 Å². The second kappa shape index (κ2) is 6.19. The molecule has 1 atom stereocenters. The van der Waals surface area contributed by atoms with Crippen LogP contribution in [-0.2, 0) is 10.0 Å². The SMILES string of the molecule is C[C@H](NS(=O)(=O)c1cc(Cl)cc(Cl)c1O)c1cccnc1. The molecule has 112 valence electrons. The number of pyridine rings is 1. The van der Waals surface area contributed by atoms with Crippen LogP contribution >= 0.6 is 23.2 Å². The molecule has 0 aliphatic carbocycles. The van der Waals surface area contributed by atoms with E-state index in [-0.39, 0.29) is 14.9 Å². The second-order valence-electron chi connectivity index (χ2n) is 4.36. The molecule has 2 aromatic rings. The largest absolute Gasteiger partial charge is 0.505 e. The molecule has 1 aromatic carbocycles. The van der Waals surface area contributed by atoms with Crippen LogP contribution in [0.3, 0.4) is 0 Å². The molecule has 0 aliphatic rings. The van der Waals surface area contributed by atoms with Gasteiger partial charge in [0.15, 0.2) is 5.75 Å². The van der Waals surface area contributed by atoms with E-state index in [9.17, 15) is 13.5 Å². The number of phenolic OH excluding ortho intramolecular Hbond substituents is 1. The lowest BCUT2D eigenvalue weighted by Gasteiger charge is -2.15. The zero-order chi connectivity index (χ0) is 15.6. The zero-order valence-electron chi connectivity index (χ0n) is 10.9. The zero-order valence-corrected chi connectivity index (χ0v) is 13.2. The van der Waals surface area contributed by atoms with Crippen molar-refractivity contribution in [2.75, 3.05) is 0 Å². The van der Waals surface area contributed by atoms with Crippen LogP contribution in [0, 0.1) is 0 Å². The van der Waals surface area contributed by atoms with Crippen molar-refractivity contribution >= 4 is 33.2 Å². The number of sulfonamides is 1. The first-order chi connectivity index (χ1) is 9.81. The van der Waals surface area contributed by atoms with Crippen LogP contribution in [0.5, 0.6) is 5.75 Å². The van der Waals surface area contributed by atoms with E-state index in [2.05, 4.69) is 9.71 Å². The van der Waals surface area contributed by atoms with Crippen molar-refractivity contribution in [1.82, 2.24) is 9.71 Å². The molecule has 0 amide bonds. The van der Waals surface area contributed by atoms with Gasteiger partial charge in [-0.25, -0.2) is 13.1 Å². The number of aromatic hydroxyl groups is 1. The summed E-state index contributed by atoms with van der Waals surface area (Å²) in [6.07, 6.45) is 3.14. The molecule has 0 aliphatic heterocycles.